The van der Waals surface area contributed by atoms with Crippen molar-refractivity contribution in [3.05, 3.63) is 38.9 Å². The molecule has 1 heterocycles. The molecule has 0 fully saturated rings. The fraction of sp³-hybridized carbons (Fsp3) is 0.429. The highest BCUT2D eigenvalue weighted by molar-refractivity contribution is 6.04. The average molecular weight is 232 g/mol. The van der Waals surface area contributed by atoms with Crippen molar-refractivity contribution in [1.82, 2.24) is 0 Å². The van der Waals surface area contributed by atoms with E-state index in [1.165, 1.54) is 6.08 Å². The Hall–Kier alpha value is -1.64. The maximum Gasteiger partial charge on any atom is 0.195 e. The Morgan fingerprint density at radius 1 is 1.24 bits per heavy atom. The van der Waals surface area contributed by atoms with Crippen molar-refractivity contribution in [2.45, 2.75) is 39.5 Å². The van der Waals surface area contributed by atoms with E-state index in [0.29, 0.717) is 29.1 Å². The summed E-state index contributed by atoms with van der Waals surface area (Å²) in [5.74, 6) is 1.11. The predicted molar refractivity (Wildman–Crippen MR) is 66.1 cm³/mol. The number of ketones is 1. The van der Waals surface area contributed by atoms with Crippen molar-refractivity contribution in [2.75, 3.05) is 0 Å². The van der Waals surface area contributed by atoms with Crippen LogP contribution in [0.3, 0.4) is 0 Å². The van der Waals surface area contributed by atoms with Crippen LogP contribution in [0.5, 0.6) is 0 Å². The van der Waals surface area contributed by atoms with Gasteiger partial charge in [-0.05, 0) is 39.3 Å². The molecule has 0 saturated heterocycles. The third-order valence-electron chi connectivity index (χ3n) is 3.77. The number of aryl methyl sites for hydroxylation is 1. The van der Waals surface area contributed by atoms with E-state index in [2.05, 4.69) is 0 Å². The first-order valence-corrected chi connectivity index (χ1v) is 5.79. The molecule has 0 aliphatic heterocycles. The molecular weight excluding hydrogens is 216 g/mol. The Balaban J connectivity index is 2.85. The zero-order valence-corrected chi connectivity index (χ0v) is 10.6. The molecule has 1 unspecified atom stereocenters. The van der Waals surface area contributed by atoms with Gasteiger partial charge in [0.15, 0.2) is 11.2 Å². The first kappa shape index (κ1) is 11.8. The molecule has 3 nitrogen and oxygen atoms in total. The molecule has 0 N–H and O–H groups in total. The lowest BCUT2D eigenvalue weighted by Crippen LogP contribution is -2.36. The van der Waals surface area contributed by atoms with Crippen LogP contribution in [0.15, 0.2) is 15.3 Å². The zero-order valence-electron chi connectivity index (χ0n) is 10.6. The van der Waals surface area contributed by atoms with Crippen molar-refractivity contribution in [2.24, 2.45) is 0 Å². The Kier molecular flexibility index (Phi) is 2.57. The fourth-order valence-electron chi connectivity index (χ4n) is 2.10. The lowest BCUT2D eigenvalue weighted by atomic mass is 9.75. The number of carbonyl (C=O) groups excluding carboxylic acids is 1. The van der Waals surface area contributed by atoms with Crippen LogP contribution in [-0.2, 0) is 10.2 Å². The summed E-state index contributed by atoms with van der Waals surface area (Å²) in [7, 11) is 0. The monoisotopic (exact) mass is 232 g/mol. The van der Waals surface area contributed by atoms with Gasteiger partial charge in [0, 0.05) is 5.56 Å². The number of hydrogen-bond acceptors (Lipinski definition) is 3. The number of hydrogen-bond donors (Lipinski definition) is 0. The number of fused-ring (bicyclic) bond motifs is 1. The predicted octanol–water partition coefficient (Wildman–Crippen LogP) is 2.52. The van der Waals surface area contributed by atoms with E-state index in [-0.39, 0.29) is 11.2 Å². The maximum absolute atomic E-state index is 12.1. The van der Waals surface area contributed by atoms with Crippen molar-refractivity contribution in [3.8, 4) is 0 Å². The Labute approximate surface area is 100 Å². The van der Waals surface area contributed by atoms with Crippen LogP contribution >= 0.6 is 0 Å². The van der Waals surface area contributed by atoms with Crippen LogP contribution in [0.25, 0.3) is 6.08 Å². The minimum absolute atomic E-state index is 0.00102. The molecule has 0 amide bonds. The first-order valence-electron chi connectivity index (χ1n) is 5.79. The van der Waals surface area contributed by atoms with Crippen LogP contribution in [0.4, 0.5) is 0 Å². The summed E-state index contributed by atoms with van der Waals surface area (Å²) in [6, 6.07) is 0. The van der Waals surface area contributed by atoms with Gasteiger partial charge in [0.05, 0.1) is 11.0 Å². The summed E-state index contributed by atoms with van der Waals surface area (Å²) in [5, 5.41) is 0. The van der Waals surface area contributed by atoms with Crippen molar-refractivity contribution in [3.63, 3.8) is 0 Å². The van der Waals surface area contributed by atoms with E-state index in [0.717, 1.165) is 0 Å². The first-order chi connectivity index (χ1) is 7.91. The van der Waals surface area contributed by atoms with Gasteiger partial charge in [0.1, 0.15) is 11.5 Å². The molecule has 0 radical (unpaired) electrons. The molecule has 1 atom stereocenters. The molecular formula is C14H16O3. The van der Waals surface area contributed by atoms with Gasteiger partial charge in [-0.25, -0.2) is 0 Å². The molecule has 0 bridgehead atoms. The van der Waals surface area contributed by atoms with Crippen molar-refractivity contribution >= 4 is 11.9 Å². The van der Waals surface area contributed by atoms with Crippen molar-refractivity contribution < 1.29 is 9.21 Å². The lowest BCUT2D eigenvalue weighted by molar-refractivity contribution is -0.120. The van der Waals surface area contributed by atoms with Crippen LogP contribution in [-0.4, -0.2) is 5.78 Å². The second kappa shape index (κ2) is 3.69. The van der Waals surface area contributed by atoms with Gasteiger partial charge >= 0.3 is 0 Å². The van der Waals surface area contributed by atoms with Crippen molar-refractivity contribution in [1.29, 1.82) is 0 Å². The van der Waals surface area contributed by atoms with E-state index in [4.69, 9.17) is 4.42 Å². The van der Waals surface area contributed by atoms with E-state index < -0.39 is 5.41 Å². The van der Waals surface area contributed by atoms with Crippen LogP contribution in [0, 0.1) is 13.8 Å². The molecule has 0 saturated carbocycles. The second-order valence-corrected chi connectivity index (χ2v) is 4.74. The number of rotatable bonds is 1. The minimum Gasteiger partial charge on any atom is -0.464 e. The summed E-state index contributed by atoms with van der Waals surface area (Å²) in [6.07, 6.45) is 3.68. The molecule has 1 aromatic heterocycles. The largest absolute Gasteiger partial charge is 0.464 e. The zero-order chi connectivity index (χ0) is 12.8. The SMILES string of the molecule is CCC1(C)C(=O)C=Cc2c1oc(C)c(C)c2=O. The van der Waals surface area contributed by atoms with Crippen LogP contribution in [0.1, 0.15) is 42.9 Å². The summed E-state index contributed by atoms with van der Waals surface area (Å²) in [5.41, 5.74) is 0.396. The van der Waals surface area contributed by atoms with Gasteiger partial charge in [0.25, 0.3) is 0 Å². The van der Waals surface area contributed by atoms with Crippen LogP contribution < -0.4 is 5.43 Å². The summed E-state index contributed by atoms with van der Waals surface area (Å²) in [6.45, 7) is 7.26. The third kappa shape index (κ3) is 1.49. The Morgan fingerprint density at radius 3 is 2.47 bits per heavy atom. The molecule has 1 aliphatic rings. The topological polar surface area (TPSA) is 47.3 Å². The molecule has 1 aliphatic carbocycles. The highest BCUT2D eigenvalue weighted by Crippen LogP contribution is 2.35. The van der Waals surface area contributed by atoms with Gasteiger partial charge in [-0.2, -0.15) is 0 Å². The molecule has 1 aromatic rings. The molecule has 3 heteroatoms. The summed E-state index contributed by atoms with van der Waals surface area (Å²) >= 11 is 0. The molecule has 17 heavy (non-hydrogen) atoms. The molecule has 0 aromatic carbocycles. The van der Waals surface area contributed by atoms with Gasteiger partial charge in [-0.15, -0.1) is 0 Å². The van der Waals surface area contributed by atoms with Gasteiger partial charge in [0.2, 0.25) is 0 Å². The smallest absolute Gasteiger partial charge is 0.195 e. The molecule has 0 spiro atoms. The van der Waals surface area contributed by atoms with Gasteiger partial charge in [-0.3, -0.25) is 9.59 Å². The highest BCUT2D eigenvalue weighted by Gasteiger charge is 2.39. The molecule has 2 rings (SSSR count). The third-order valence-corrected chi connectivity index (χ3v) is 3.77. The summed E-state index contributed by atoms with van der Waals surface area (Å²) < 4.78 is 5.72. The Bertz CT molecular complexity index is 578. The fourth-order valence-corrected chi connectivity index (χ4v) is 2.10. The Morgan fingerprint density at radius 2 is 1.88 bits per heavy atom. The van der Waals surface area contributed by atoms with E-state index in [9.17, 15) is 9.59 Å². The number of carbonyl (C=O) groups is 1. The quantitative estimate of drug-likeness (QED) is 0.747. The standard InChI is InChI=1S/C14H16O3/c1-5-14(4)11(15)7-6-10-12(16)8(2)9(3)17-13(10)14/h6-7H,5H2,1-4H3. The van der Waals surface area contributed by atoms with Gasteiger partial charge in [-0.1, -0.05) is 6.92 Å². The second-order valence-electron chi connectivity index (χ2n) is 4.74. The van der Waals surface area contributed by atoms with Gasteiger partial charge < -0.3 is 4.42 Å². The summed E-state index contributed by atoms with van der Waals surface area (Å²) in [4.78, 5) is 24.1. The average Bonchev–Trinajstić information content (AvgIpc) is 2.32. The normalized spacial score (nSPS) is 22.7. The minimum atomic E-state index is -0.707. The number of allylic oxidation sites excluding steroid dienone is 1. The van der Waals surface area contributed by atoms with E-state index >= 15 is 0 Å². The lowest BCUT2D eigenvalue weighted by Gasteiger charge is -2.28. The highest BCUT2D eigenvalue weighted by atomic mass is 16.3. The molecule has 90 valence electrons. The maximum atomic E-state index is 12.1. The van der Waals surface area contributed by atoms with E-state index in [1.807, 2.05) is 13.8 Å². The van der Waals surface area contributed by atoms with Crippen LogP contribution in [0.2, 0.25) is 0 Å². The van der Waals surface area contributed by atoms with E-state index in [1.54, 1.807) is 19.9 Å².